The molecule has 0 bridgehead atoms. The molecule has 2 aromatic rings. The topological polar surface area (TPSA) is 72.3 Å². The van der Waals surface area contributed by atoms with Crippen LogP contribution in [0, 0.1) is 5.92 Å². The number of amides is 1. The van der Waals surface area contributed by atoms with Gasteiger partial charge in [0, 0.05) is 43.2 Å². The fourth-order valence-electron chi connectivity index (χ4n) is 4.11. The number of hydrogen-bond donors (Lipinski definition) is 1. The van der Waals surface area contributed by atoms with Crippen LogP contribution in [0.5, 0.6) is 0 Å². The van der Waals surface area contributed by atoms with Crippen molar-refractivity contribution >= 4 is 17.2 Å². The number of aryl methyl sites for hydroxylation is 1. The summed E-state index contributed by atoms with van der Waals surface area (Å²) in [5, 5.41) is 9.39. The molecule has 7 nitrogen and oxygen atoms in total. The highest BCUT2D eigenvalue weighted by atomic mass is 32.1. The summed E-state index contributed by atoms with van der Waals surface area (Å²) in [5.74, 6) is 1.38. The zero-order valence-electron chi connectivity index (χ0n) is 16.1. The Kier molecular flexibility index (Phi) is 5.17. The molecule has 0 aromatic carbocycles. The average Bonchev–Trinajstić information content (AvgIpc) is 3.33. The van der Waals surface area contributed by atoms with Gasteiger partial charge in [0.15, 0.2) is 0 Å². The lowest BCUT2D eigenvalue weighted by molar-refractivity contribution is 0.0301. The molecule has 2 fully saturated rings. The van der Waals surface area contributed by atoms with Crippen molar-refractivity contribution in [1.29, 1.82) is 0 Å². The standard InChI is InChI=1S/C20H27N5O2S/c26-20(24-5-7-27-8-6-24)17-13-23-25-4-3-14(9-18(17)25)10-21-11-16-12-22-19(28-16)15-1-2-15/h12-15,21H,1-11H2/t14-/m0/s1. The van der Waals surface area contributed by atoms with Crippen LogP contribution in [0.4, 0.5) is 0 Å². The molecule has 0 unspecified atom stereocenters. The minimum atomic E-state index is 0.107. The van der Waals surface area contributed by atoms with Crippen LogP contribution < -0.4 is 5.32 Å². The van der Waals surface area contributed by atoms with Crippen LogP contribution in [0.1, 0.15) is 51.1 Å². The van der Waals surface area contributed by atoms with Crippen molar-refractivity contribution < 1.29 is 9.53 Å². The minimum Gasteiger partial charge on any atom is -0.378 e. The molecule has 1 N–H and O–H groups in total. The van der Waals surface area contributed by atoms with Crippen LogP contribution in [0.15, 0.2) is 12.4 Å². The molecule has 1 saturated carbocycles. The first-order chi connectivity index (χ1) is 13.8. The van der Waals surface area contributed by atoms with Crippen molar-refractivity contribution in [3.05, 3.63) is 33.5 Å². The maximum atomic E-state index is 12.9. The third kappa shape index (κ3) is 3.86. The molecule has 1 atom stereocenters. The quantitative estimate of drug-likeness (QED) is 0.802. The van der Waals surface area contributed by atoms with Crippen LogP contribution in [0.3, 0.4) is 0 Å². The number of hydrogen-bond acceptors (Lipinski definition) is 6. The van der Waals surface area contributed by atoms with Gasteiger partial charge >= 0.3 is 0 Å². The number of ether oxygens (including phenoxy) is 1. The number of carbonyl (C=O) groups is 1. The third-order valence-electron chi connectivity index (χ3n) is 5.94. The number of rotatable bonds is 6. The summed E-state index contributed by atoms with van der Waals surface area (Å²) in [4.78, 5) is 20.7. The van der Waals surface area contributed by atoms with Crippen LogP contribution in [0.25, 0.3) is 0 Å². The molecular formula is C20H27N5O2S. The second-order valence-electron chi connectivity index (χ2n) is 8.06. The Bertz CT molecular complexity index is 838. The SMILES string of the molecule is O=C(c1cnn2c1C[C@@H](CNCc1cnc(C3CC3)s1)CC2)N1CCOCC1. The summed E-state index contributed by atoms with van der Waals surface area (Å²) < 4.78 is 7.39. The van der Waals surface area contributed by atoms with Crippen LogP contribution in [-0.2, 0) is 24.2 Å². The van der Waals surface area contributed by atoms with Crippen LogP contribution in [0.2, 0.25) is 0 Å². The molecule has 8 heteroatoms. The Morgan fingerprint density at radius 1 is 1.21 bits per heavy atom. The highest BCUT2D eigenvalue weighted by molar-refractivity contribution is 7.11. The first-order valence-corrected chi connectivity index (χ1v) is 11.2. The van der Waals surface area contributed by atoms with Crippen molar-refractivity contribution in [2.75, 3.05) is 32.8 Å². The molecule has 4 heterocycles. The first-order valence-electron chi connectivity index (χ1n) is 10.3. The summed E-state index contributed by atoms with van der Waals surface area (Å²) in [6.07, 6.45) is 8.42. The third-order valence-corrected chi connectivity index (χ3v) is 7.10. The van der Waals surface area contributed by atoms with Gasteiger partial charge in [-0.15, -0.1) is 11.3 Å². The van der Waals surface area contributed by atoms with E-state index in [1.54, 1.807) is 6.20 Å². The van der Waals surface area contributed by atoms with Gasteiger partial charge in [0.2, 0.25) is 0 Å². The van der Waals surface area contributed by atoms with E-state index in [-0.39, 0.29) is 5.91 Å². The van der Waals surface area contributed by atoms with Gasteiger partial charge in [-0.3, -0.25) is 9.48 Å². The fraction of sp³-hybridized carbons (Fsp3) is 0.650. The Hall–Kier alpha value is -1.77. The van der Waals surface area contributed by atoms with Gasteiger partial charge in [-0.25, -0.2) is 4.98 Å². The summed E-state index contributed by atoms with van der Waals surface area (Å²) >= 11 is 1.85. The molecule has 1 aliphatic carbocycles. The monoisotopic (exact) mass is 401 g/mol. The van der Waals surface area contributed by atoms with Crippen molar-refractivity contribution in [3.8, 4) is 0 Å². The Morgan fingerprint density at radius 3 is 2.89 bits per heavy atom. The zero-order chi connectivity index (χ0) is 18.9. The number of morpholine rings is 1. The van der Waals surface area contributed by atoms with E-state index in [2.05, 4.69) is 15.4 Å². The molecule has 1 saturated heterocycles. The molecule has 2 aliphatic heterocycles. The van der Waals surface area contributed by atoms with Gasteiger partial charge < -0.3 is 15.0 Å². The van der Waals surface area contributed by atoms with Crippen LogP contribution in [-0.4, -0.2) is 58.4 Å². The number of nitrogens with one attached hydrogen (secondary N) is 1. The summed E-state index contributed by atoms with van der Waals surface area (Å²) in [6, 6.07) is 0. The highest BCUT2D eigenvalue weighted by Crippen LogP contribution is 2.41. The Balaban J connectivity index is 1.17. The lowest BCUT2D eigenvalue weighted by Gasteiger charge is -2.28. The molecule has 5 rings (SSSR count). The molecule has 2 aromatic heterocycles. The van der Waals surface area contributed by atoms with Crippen LogP contribution >= 0.6 is 11.3 Å². The number of nitrogens with zero attached hydrogens (tertiary/aromatic N) is 4. The molecule has 28 heavy (non-hydrogen) atoms. The van der Waals surface area contributed by atoms with Gasteiger partial charge in [-0.1, -0.05) is 0 Å². The van der Waals surface area contributed by atoms with Gasteiger partial charge in [0.1, 0.15) is 0 Å². The van der Waals surface area contributed by atoms with Crippen molar-refractivity contribution in [1.82, 2.24) is 25.0 Å². The molecule has 0 spiro atoms. The molecule has 3 aliphatic rings. The van der Waals surface area contributed by atoms with E-state index in [9.17, 15) is 4.79 Å². The van der Waals surface area contributed by atoms with Crippen molar-refractivity contribution in [2.24, 2.45) is 5.92 Å². The molecule has 0 radical (unpaired) electrons. The van der Waals surface area contributed by atoms with E-state index in [4.69, 9.17) is 4.74 Å². The highest BCUT2D eigenvalue weighted by Gasteiger charge is 2.29. The zero-order valence-corrected chi connectivity index (χ0v) is 16.9. The maximum Gasteiger partial charge on any atom is 0.257 e. The maximum absolute atomic E-state index is 12.9. The number of carbonyl (C=O) groups excluding carboxylic acids is 1. The van der Waals surface area contributed by atoms with Gasteiger partial charge in [-0.05, 0) is 38.1 Å². The molecule has 1 amide bonds. The normalized spacial score (nSPS) is 22.3. The lowest BCUT2D eigenvalue weighted by Crippen LogP contribution is -2.41. The van der Waals surface area contributed by atoms with E-state index >= 15 is 0 Å². The minimum absolute atomic E-state index is 0.107. The number of fused-ring (bicyclic) bond motifs is 1. The van der Waals surface area contributed by atoms with Gasteiger partial charge in [0.25, 0.3) is 5.91 Å². The lowest BCUT2D eigenvalue weighted by atomic mass is 9.94. The largest absolute Gasteiger partial charge is 0.378 e. The number of thiazole rings is 1. The number of aromatic nitrogens is 3. The van der Waals surface area contributed by atoms with E-state index < -0.39 is 0 Å². The van der Waals surface area contributed by atoms with Crippen molar-refractivity contribution in [2.45, 2.75) is 44.7 Å². The smallest absolute Gasteiger partial charge is 0.257 e. The molecule has 150 valence electrons. The summed E-state index contributed by atoms with van der Waals surface area (Å²) in [5.41, 5.74) is 1.88. The van der Waals surface area contributed by atoms with E-state index in [1.807, 2.05) is 27.1 Å². The summed E-state index contributed by atoms with van der Waals surface area (Å²) in [7, 11) is 0. The Morgan fingerprint density at radius 2 is 2.07 bits per heavy atom. The second kappa shape index (κ2) is 7.93. The van der Waals surface area contributed by atoms with E-state index in [1.165, 1.54) is 22.7 Å². The molecular weight excluding hydrogens is 374 g/mol. The van der Waals surface area contributed by atoms with E-state index in [0.717, 1.165) is 49.7 Å². The average molecular weight is 402 g/mol. The summed E-state index contributed by atoms with van der Waals surface area (Å²) in [6.45, 7) is 5.35. The predicted molar refractivity (Wildman–Crippen MR) is 107 cm³/mol. The fourth-order valence-corrected chi connectivity index (χ4v) is 5.17. The van der Waals surface area contributed by atoms with E-state index in [0.29, 0.717) is 32.2 Å². The van der Waals surface area contributed by atoms with Crippen molar-refractivity contribution in [3.63, 3.8) is 0 Å². The van der Waals surface area contributed by atoms with Gasteiger partial charge in [-0.2, -0.15) is 5.10 Å². The predicted octanol–water partition coefficient (Wildman–Crippen LogP) is 2.04. The second-order valence-corrected chi connectivity index (χ2v) is 9.21. The first kappa shape index (κ1) is 18.3. The Labute approximate surface area is 169 Å². The van der Waals surface area contributed by atoms with Gasteiger partial charge in [0.05, 0.1) is 35.7 Å².